The molecule has 1 N–H and O–H groups in total. The second kappa shape index (κ2) is 8.31. The first-order chi connectivity index (χ1) is 10.0. The molecule has 8 heteroatoms. The third-order valence-electron chi connectivity index (χ3n) is 3.72. The molecule has 1 saturated heterocycles. The van der Waals surface area contributed by atoms with Gasteiger partial charge in [0.1, 0.15) is 0 Å². The second-order valence-electron chi connectivity index (χ2n) is 5.26. The number of hydrogen-bond donors (Lipinski definition) is 1. The summed E-state index contributed by atoms with van der Waals surface area (Å²) < 4.78 is 0. The first-order valence-corrected chi connectivity index (χ1v) is 7.24. The number of carbonyl (C=O) groups is 1. The Morgan fingerprint density at radius 2 is 2.27 bits per heavy atom. The Labute approximate surface area is 140 Å². The van der Waals surface area contributed by atoms with Crippen LogP contribution in [0, 0.1) is 16.0 Å². The van der Waals surface area contributed by atoms with E-state index in [0.717, 1.165) is 26.1 Å². The zero-order valence-electron chi connectivity index (χ0n) is 12.3. The molecule has 0 aliphatic carbocycles. The number of nitro groups is 1. The summed E-state index contributed by atoms with van der Waals surface area (Å²) in [6, 6.07) is 4.22. The highest BCUT2D eigenvalue weighted by atomic mass is 35.5. The van der Waals surface area contributed by atoms with Gasteiger partial charge in [-0.2, -0.15) is 0 Å². The third kappa shape index (κ3) is 4.56. The van der Waals surface area contributed by atoms with E-state index in [1.54, 1.807) is 6.07 Å². The summed E-state index contributed by atoms with van der Waals surface area (Å²) in [4.78, 5) is 24.2. The molecule has 6 nitrogen and oxygen atoms in total. The van der Waals surface area contributed by atoms with Gasteiger partial charge in [-0.3, -0.25) is 14.9 Å². The molecule has 1 aromatic carbocycles. The van der Waals surface area contributed by atoms with E-state index in [1.165, 1.54) is 12.1 Å². The highest BCUT2D eigenvalue weighted by Crippen LogP contribution is 2.24. The van der Waals surface area contributed by atoms with Gasteiger partial charge in [0, 0.05) is 25.2 Å². The highest BCUT2D eigenvalue weighted by molar-refractivity contribution is 6.31. The lowest BCUT2D eigenvalue weighted by atomic mass is 10.1. The van der Waals surface area contributed by atoms with E-state index in [1.807, 2.05) is 11.9 Å². The second-order valence-corrected chi connectivity index (χ2v) is 5.67. The molecule has 1 amide bonds. The Kier molecular flexibility index (Phi) is 7.06. The standard InChI is InChI=1S/C14H18ClN3O3.ClH/c1-16-8-10-4-5-17(9-10)14(19)6-11-2-3-12(18(20)21)7-13(11)15;/h2-3,7,10,16H,4-6,8-9H2,1H3;1H. The molecular formula is C14H19Cl2N3O3. The Morgan fingerprint density at radius 3 is 2.86 bits per heavy atom. The monoisotopic (exact) mass is 347 g/mol. The number of nitro benzene ring substituents is 1. The molecule has 1 aliphatic heterocycles. The summed E-state index contributed by atoms with van der Waals surface area (Å²) in [6.45, 7) is 2.42. The van der Waals surface area contributed by atoms with Crippen molar-refractivity contribution >= 4 is 35.6 Å². The minimum absolute atomic E-state index is 0. The number of rotatable bonds is 5. The van der Waals surface area contributed by atoms with Crippen LogP contribution in [0.25, 0.3) is 0 Å². The number of likely N-dealkylation sites (tertiary alicyclic amines) is 1. The van der Waals surface area contributed by atoms with Gasteiger partial charge in [0.2, 0.25) is 5.91 Å². The smallest absolute Gasteiger partial charge is 0.270 e. The molecule has 0 bridgehead atoms. The fourth-order valence-corrected chi connectivity index (χ4v) is 2.82. The van der Waals surface area contributed by atoms with E-state index in [2.05, 4.69) is 5.32 Å². The Hall–Kier alpha value is -1.37. The van der Waals surface area contributed by atoms with E-state index in [4.69, 9.17) is 11.6 Å². The number of non-ortho nitro benzene ring substituents is 1. The van der Waals surface area contributed by atoms with Crippen LogP contribution in [0.1, 0.15) is 12.0 Å². The van der Waals surface area contributed by atoms with E-state index in [0.29, 0.717) is 11.5 Å². The molecule has 1 heterocycles. The predicted octanol–water partition coefficient (Wildman–Crippen LogP) is 2.28. The number of hydrogen-bond acceptors (Lipinski definition) is 4. The van der Waals surface area contributed by atoms with Crippen LogP contribution in [0.5, 0.6) is 0 Å². The lowest BCUT2D eigenvalue weighted by Gasteiger charge is -2.17. The zero-order chi connectivity index (χ0) is 15.4. The lowest BCUT2D eigenvalue weighted by molar-refractivity contribution is -0.384. The summed E-state index contributed by atoms with van der Waals surface area (Å²) >= 11 is 6.02. The van der Waals surface area contributed by atoms with Crippen LogP contribution in [-0.4, -0.2) is 42.4 Å². The quantitative estimate of drug-likeness (QED) is 0.654. The number of benzene rings is 1. The van der Waals surface area contributed by atoms with E-state index in [9.17, 15) is 14.9 Å². The van der Waals surface area contributed by atoms with Crippen LogP contribution in [0.4, 0.5) is 5.69 Å². The third-order valence-corrected chi connectivity index (χ3v) is 4.07. The van der Waals surface area contributed by atoms with Crippen LogP contribution in [0.15, 0.2) is 18.2 Å². The maximum Gasteiger partial charge on any atom is 0.270 e. The molecule has 22 heavy (non-hydrogen) atoms. The molecule has 0 radical (unpaired) electrons. The van der Waals surface area contributed by atoms with Gasteiger partial charge < -0.3 is 10.2 Å². The van der Waals surface area contributed by atoms with E-state index >= 15 is 0 Å². The molecule has 1 fully saturated rings. The van der Waals surface area contributed by atoms with Gasteiger partial charge in [0.15, 0.2) is 0 Å². The first kappa shape index (κ1) is 18.7. The Balaban J connectivity index is 0.00000242. The molecule has 1 atom stereocenters. The molecule has 0 spiro atoms. The van der Waals surface area contributed by atoms with Gasteiger partial charge in [-0.05, 0) is 31.5 Å². The minimum atomic E-state index is -0.500. The van der Waals surface area contributed by atoms with E-state index < -0.39 is 4.92 Å². The lowest BCUT2D eigenvalue weighted by Crippen LogP contribution is -2.31. The summed E-state index contributed by atoms with van der Waals surface area (Å²) in [5.74, 6) is 0.510. The average Bonchev–Trinajstić information content (AvgIpc) is 2.90. The fourth-order valence-electron chi connectivity index (χ4n) is 2.58. The summed E-state index contributed by atoms with van der Waals surface area (Å²) in [7, 11) is 1.90. The number of nitrogens with zero attached hydrogens (tertiary/aromatic N) is 2. The van der Waals surface area contributed by atoms with Gasteiger partial charge in [-0.25, -0.2) is 0 Å². The van der Waals surface area contributed by atoms with Crippen molar-refractivity contribution in [2.24, 2.45) is 5.92 Å². The van der Waals surface area contributed by atoms with Crippen molar-refractivity contribution in [3.63, 3.8) is 0 Å². The zero-order valence-corrected chi connectivity index (χ0v) is 13.8. The maximum atomic E-state index is 12.2. The SMILES string of the molecule is CNCC1CCN(C(=O)Cc2ccc([N+](=O)[O-])cc2Cl)C1.Cl. The van der Waals surface area contributed by atoms with Crippen LogP contribution in [0.3, 0.4) is 0 Å². The molecular weight excluding hydrogens is 329 g/mol. The van der Waals surface area contributed by atoms with Gasteiger partial charge in [0.25, 0.3) is 5.69 Å². The molecule has 1 unspecified atom stereocenters. The van der Waals surface area contributed by atoms with Crippen molar-refractivity contribution in [2.45, 2.75) is 12.8 Å². The van der Waals surface area contributed by atoms with Crippen molar-refractivity contribution in [1.29, 1.82) is 0 Å². The topological polar surface area (TPSA) is 75.5 Å². The van der Waals surface area contributed by atoms with E-state index in [-0.39, 0.29) is 35.4 Å². The van der Waals surface area contributed by atoms with Crippen molar-refractivity contribution in [2.75, 3.05) is 26.7 Å². The van der Waals surface area contributed by atoms with Gasteiger partial charge >= 0.3 is 0 Å². The molecule has 2 rings (SSSR count). The first-order valence-electron chi connectivity index (χ1n) is 6.86. The van der Waals surface area contributed by atoms with Gasteiger partial charge in [-0.1, -0.05) is 17.7 Å². The fraction of sp³-hybridized carbons (Fsp3) is 0.500. The number of amides is 1. The van der Waals surface area contributed by atoms with Crippen LogP contribution in [-0.2, 0) is 11.2 Å². The Morgan fingerprint density at radius 1 is 1.55 bits per heavy atom. The molecule has 1 aromatic rings. The molecule has 0 aromatic heterocycles. The molecule has 0 saturated carbocycles. The highest BCUT2D eigenvalue weighted by Gasteiger charge is 2.26. The summed E-state index contributed by atoms with van der Waals surface area (Å²) in [5, 5.41) is 14.0. The van der Waals surface area contributed by atoms with Crippen LogP contribution >= 0.6 is 24.0 Å². The molecule has 1 aliphatic rings. The number of carbonyl (C=O) groups excluding carboxylic acids is 1. The summed E-state index contributed by atoms with van der Waals surface area (Å²) in [5.41, 5.74) is 0.566. The normalized spacial score (nSPS) is 17.2. The maximum absolute atomic E-state index is 12.2. The number of halogens is 2. The van der Waals surface area contributed by atoms with Crippen molar-refractivity contribution in [3.05, 3.63) is 38.9 Å². The Bertz CT molecular complexity index is 554. The largest absolute Gasteiger partial charge is 0.342 e. The predicted molar refractivity (Wildman–Crippen MR) is 87.7 cm³/mol. The van der Waals surface area contributed by atoms with Crippen LogP contribution in [0.2, 0.25) is 5.02 Å². The number of nitrogens with one attached hydrogen (secondary N) is 1. The van der Waals surface area contributed by atoms with Gasteiger partial charge in [0.05, 0.1) is 16.4 Å². The van der Waals surface area contributed by atoms with Crippen molar-refractivity contribution < 1.29 is 9.72 Å². The van der Waals surface area contributed by atoms with Crippen LogP contribution < -0.4 is 5.32 Å². The summed E-state index contributed by atoms with van der Waals surface area (Å²) in [6.07, 6.45) is 1.18. The minimum Gasteiger partial charge on any atom is -0.342 e. The van der Waals surface area contributed by atoms with Crippen molar-refractivity contribution in [3.8, 4) is 0 Å². The van der Waals surface area contributed by atoms with Gasteiger partial charge in [-0.15, -0.1) is 12.4 Å². The average molecular weight is 348 g/mol. The molecule has 122 valence electrons. The van der Waals surface area contributed by atoms with Crippen molar-refractivity contribution in [1.82, 2.24) is 10.2 Å².